The molecule has 0 spiro atoms. The Morgan fingerprint density at radius 1 is 1.33 bits per heavy atom. The molecule has 1 atom stereocenters. The van der Waals surface area contributed by atoms with E-state index in [1.165, 1.54) is 30.0 Å². The maximum absolute atomic E-state index is 12.7. The zero-order valence-corrected chi connectivity index (χ0v) is 17.2. The Hall–Kier alpha value is -3.40. The lowest BCUT2D eigenvalue weighted by molar-refractivity contribution is -0.384. The Morgan fingerprint density at radius 2 is 2.07 bits per heavy atom. The molecule has 9 nitrogen and oxygen atoms in total. The smallest absolute Gasteiger partial charge is 0.269 e. The number of rotatable bonds is 6. The van der Waals surface area contributed by atoms with E-state index in [9.17, 15) is 19.7 Å². The summed E-state index contributed by atoms with van der Waals surface area (Å²) in [6.45, 7) is 2.02. The van der Waals surface area contributed by atoms with Gasteiger partial charge in [0, 0.05) is 24.2 Å². The fraction of sp³-hybridized carbons (Fsp3) is 0.250. The summed E-state index contributed by atoms with van der Waals surface area (Å²) in [4.78, 5) is 39.5. The predicted octanol–water partition coefficient (Wildman–Crippen LogP) is 3.03. The maximum Gasteiger partial charge on any atom is 0.269 e. The monoisotopic (exact) mass is 428 g/mol. The van der Waals surface area contributed by atoms with Gasteiger partial charge in [-0.05, 0) is 36.2 Å². The van der Waals surface area contributed by atoms with Crippen molar-refractivity contribution in [2.24, 2.45) is 4.99 Å². The summed E-state index contributed by atoms with van der Waals surface area (Å²) in [5.41, 5.74) is 1.92. The van der Waals surface area contributed by atoms with Crippen LogP contribution >= 0.6 is 11.8 Å². The SMILES string of the molecule is COc1ccc(CN=C2NC(=O)C[C@H](C(=O)Nc3ccc([N+](=O)[O-])cc3C)S2)cc1. The van der Waals surface area contributed by atoms with Crippen molar-refractivity contribution >= 4 is 40.1 Å². The molecule has 3 rings (SSSR count). The van der Waals surface area contributed by atoms with E-state index in [1.807, 2.05) is 24.3 Å². The summed E-state index contributed by atoms with van der Waals surface area (Å²) >= 11 is 1.18. The quantitative estimate of drug-likeness (QED) is 0.539. The number of benzene rings is 2. The van der Waals surface area contributed by atoms with Gasteiger partial charge in [-0.15, -0.1) is 0 Å². The van der Waals surface area contributed by atoms with E-state index in [4.69, 9.17) is 4.74 Å². The molecule has 2 amide bonds. The second kappa shape index (κ2) is 9.40. The van der Waals surface area contributed by atoms with Gasteiger partial charge in [0.15, 0.2) is 5.17 Å². The highest BCUT2D eigenvalue weighted by Gasteiger charge is 2.30. The predicted molar refractivity (Wildman–Crippen MR) is 115 cm³/mol. The highest BCUT2D eigenvalue weighted by Crippen LogP contribution is 2.25. The van der Waals surface area contributed by atoms with Gasteiger partial charge in [-0.1, -0.05) is 23.9 Å². The molecular formula is C20H20N4O5S. The Bertz CT molecular complexity index is 1010. The van der Waals surface area contributed by atoms with Crippen LogP contribution in [0, 0.1) is 17.0 Å². The first-order valence-corrected chi connectivity index (χ1v) is 9.93. The number of thioether (sulfide) groups is 1. The van der Waals surface area contributed by atoms with Crippen molar-refractivity contribution in [3.8, 4) is 5.75 Å². The van der Waals surface area contributed by atoms with Gasteiger partial charge < -0.3 is 15.4 Å². The molecule has 2 N–H and O–H groups in total. The van der Waals surface area contributed by atoms with E-state index in [0.717, 1.165) is 11.3 Å². The van der Waals surface area contributed by atoms with Crippen LogP contribution in [0.25, 0.3) is 0 Å². The second-order valence-electron chi connectivity index (χ2n) is 6.57. The molecule has 156 valence electrons. The third kappa shape index (κ3) is 5.35. The molecule has 0 bridgehead atoms. The van der Waals surface area contributed by atoms with Crippen LogP contribution in [-0.2, 0) is 16.1 Å². The molecule has 1 aliphatic heterocycles. The molecule has 1 saturated heterocycles. The number of non-ortho nitro benzene ring substituents is 1. The minimum Gasteiger partial charge on any atom is -0.497 e. The number of amides is 2. The van der Waals surface area contributed by atoms with Gasteiger partial charge in [-0.25, -0.2) is 0 Å². The molecular weight excluding hydrogens is 408 g/mol. The number of hydrogen-bond donors (Lipinski definition) is 2. The molecule has 10 heteroatoms. The van der Waals surface area contributed by atoms with E-state index in [0.29, 0.717) is 23.0 Å². The molecule has 30 heavy (non-hydrogen) atoms. The van der Waals surface area contributed by atoms with E-state index in [1.54, 1.807) is 14.0 Å². The summed E-state index contributed by atoms with van der Waals surface area (Å²) in [5.74, 6) is 0.0942. The lowest BCUT2D eigenvalue weighted by Crippen LogP contribution is -2.42. The van der Waals surface area contributed by atoms with Gasteiger partial charge in [0.1, 0.15) is 11.0 Å². The molecule has 0 radical (unpaired) electrons. The number of carbonyl (C=O) groups is 2. The number of hydrogen-bond acceptors (Lipinski definition) is 7. The summed E-state index contributed by atoms with van der Waals surface area (Å²) in [6, 6.07) is 11.6. The van der Waals surface area contributed by atoms with E-state index < -0.39 is 10.2 Å². The largest absolute Gasteiger partial charge is 0.497 e. The number of carbonyl (C=O) groups excluding carboxylic acids is 2. The molecule has 0 unspecified atom stereocenters. The molecule has 1 aliphatic rings. The third-order valence-corrected chi connectivity index (χ3v) is 5.53. The van der Waals surface area contributed by atoms with Gasteiger partial charge in [0.05, 0.1) is 18.6 Å². The Kier molecular flexibility index (Phi) is 6.68. The fourth-order valence-corrected chi connectivity index (χ4v) is 3.76. The van der Waals surface area contributed by atoms with Crippen LogP contribution in [0.5, 0.6) is 5.75 Å². The van der Waals surface area contributed by atoms with E-state index in [2.05, 4.69) is 15.6 Å². The Labute approximate surface area is 177 Å². The van der Waals surface area contributed by atoms with Crippen molar-refractivity contribution in [1.82, 2.24) is 5.32 Å². The van der Waals surface area contributed by atoms with Crippen molar-refractivity contribution in [1.29, 1.82) is 0 Å². The maximum atomic E-state index is 12.7. The standard InChI is InChI=1S/C20H20N4O5S/c1-12-9-14(24(27)28)5-8-16(12)22-19(26)17-10-18(25)23-20(30-17)21-11-13-3-6-15(29-2)7-4-13/h3-9,17H,10-11H2,1-2H3,(H,22,26)(H,21,23,25)/t17-/m1/s1. The number of methoxy groups -OCH3 is 1. The second-order valence-corrected chi connectivity index (χ2v) is 7.77. The van der Waals surface area contributed by atoms with Crippen molar-refractivity contribution < 1.29 is 19.2 Å². The highest BCUT2D eigenvalue weighted by molar-refractivity contribution is 8.15. The van der Waals surface area contributed by atoms with Crippen LogP contribution in [0.3, 0.4) is 0 Å². The normalized spacial score (nSPS) is 17.3. The Morgan fingerprint density at radius 3 is 2.70 bits per heavy atom. The number of nitro groups is 1. The lowest BCUT2D eigenvalue weighted by Gasteiger charge is -2.22. The Balaban J connectivity index is 1.66. The molecule has 0 aromatic heterocycles. The zero-order chi connectivity index (χ0) is 21.7. The average molecular weight is 428 g/mol. The number of ether oxygens (including phenoxy) is 1. The number of aryl methyl sites for hydroxylation is 1. The first-order chi connectivity index (χ1) is 14.4. The number of nitrogens with zero attached hydrogens (tertiary/aromatic N) is 2. The topological polar surface area (TPSA) is 123 Å². The van der Waals surface area contributed by atoms with Crippen LogP contribution in [-0.4, -0.2) is 34.3 Å². The summed E-state index contributed by atoms with van der Waals surface area (Å²) < 4.78 is 5.12. The number of nitro benzene ring substituents is 1. The number of aliphatic imine (C=N–C) groups is 1. The first kappa shape index (κ1) is 21.3. The summed E-state index contributed by atoms with van der Waals surface area (Å²) in [7, 11) is 1.59. The zero-order valence-electron chi connectivity index (χ0n) is 16.4. The number of amidine groups is 1. The number of anilines is 1. The van der Waals surface area contributed by atoms with Gasteiger partial charge in [-0.2, -0.15) is 0 Å². The minimum absolute atomic E-state index is 0.0179. The van der Waals surface area contributed by atoms with Crippen molar-refractivity contribution in [3.63, 3.8) is 0 Å². The highest BCUT2D eigenvalue weighted by atomic mass is 32.2. The van der Waals surface area contributed by atoms with Gasteiger partial charge in [0.25, 0.3) is 5.69 Å². The third-order valence-electron chi connectivity index (χ3n) is 4.41. The van der Waals surface area contributed by atoms with Crippen molar-refractivity contribution in [2.45, 2.75) is 25.1 Å². The minimum atomic E-state index is -0.650. The van der Waals surface area contributed by atoms with Crippen LogP contribution < -0.4 is 15.4 Å². The summed E-state index contributed by atoms with van der Waals surface area (Å²) in [6.07, 6.45) is 0.0179. The van der Waals surface area contributed by atoms with Crippen LogP contribution in [0.2, 0.25) is 0 Å². The van der Waals surface area contributed by atoms with Gasteiger partial charge in [-0.3, -0.25) is 24.7 Å². The first-order valence-electron chi connectivity index (χ1n) is 9.05. The number of nitrogens with one attached hydrogen (secondary N) is 2. The van der Waals surface area contributed by atoms with Crippen LogP contribution in [0.4, 0.5) is 11.4 Å². The molecule has 2 aromatic rings. The molecule has 1 fully saturated rings. The average Bonchev–Trinajstić information content (AvgIpc) is 2.73. The van der Waals surface area contributed by atoms with Gasteiger partial charge in [0.2, 0.25) is 11.8 Å². The molecule has 0 aliphatic carbocycles. The molecule has 0 saturated carbocycles. The van der Waals surface area contributed by atoms with Crippen LogP contribution in [0.15, 0.2) is 47.5 Å². The van der Waals surface area contributed by atoms with Crippen LogP contribution in [0.1, 0.15) is 17.5 Å². The van der Waals surface area contributed by atoms with Crippen molar-refractivity contribution in [3.05, 3.63) is 63.7 Å². The molecule has 1 heterocycles. The lowest BCUT2D eigenvalue weighted by atomic mass is 10.1. The summed E-state index contributed by atoms with van der Waals surface area (Å²) in [5, 5.41) is 16.0. The van der Waals surface area contributed by atoms with Gasteiger partial charge >= 0.3 is 0 Å². The molecule has 2 aromatic carbocycles. The van der Waals surface area contributed by atoms with E-state index in [-0.39, 0.29) is 23.9 Å². The fourth-order valence-electron chi connectivity index (χ4n) is 2.78. The van der Waals surface area contributed by atoms with Crippen molar-refractivity contribution in [2.75, 3.05) is 12.4 Å². The van der Waals surface area contributed by atoms with E-state index >= 15 is 0 Å².